The molecule has 2 atom stereocenters. The molecule has 15 nitrogen and oxygen atoms in total. The maximum atomic E-state index is 13.6. The molecule has 1 aliphatic heterocycles. The topological polar surface area (TPSA) is 231 Å². The van der Waals surface area contributed by atoms with Crippen molar-refractivity contribution < 1.29 is 33.4 Å². The van der Waals surface area contributed by atoms with Crippen LogP contribution in [0.3, 0.4) is 0 Å². The van der Waals surface area contributed by atoms with Crippen molar-refractivity contribution in [3.63, 3.8) is 0 Å². The van der Waals surface area contributed by atoms with E-state index in [2.05, 4.69) is 21.3 Å². The van der Waals surface area contributed by atoms with Gasteiger partial charge in [0.1, 0.15) is 43.3 Å². The number of nitrogens with one attached hydrogen (secondary N) is 4. The molecule has 0 saturated carbocycles. The molecule has 4 bridgehead atoms. The van der Waals surface area contributed by atoms with Crippen molar-refractivity contribution in [2.45, 2.75) is 18.5 Å². The molecule has 0 fully saturated rings. The maximum Gasteiger partial charge on any atom is 0.247 e. The van der Waals surface area contributed by atoms with Gasteiger partial charge in [0.15, 0.2) is 0 Å². The molecule has 0 radical (unpaired) electrons. The van der Waals surface area contributed by atoms with Crippen LogP contribution >= 0.6 is 0 Å². The Kier molecular flexibility index (Phi) is 12.4. The van der Waals surface area contributed by atoms with E-state index in [0.717, 1.165) is 4.90 Å². The number of carbonyl (C=O) groups is 5. The van der Waals surface area contributed by atoms with Crippen LogP contribution in [0, 0.1) is 11.3 Å². The van der Waals surface area contributed by atoms with Crippen molar-refractivity contribution in [1.29, 1.82) is 5.26 Å². The van der Waals surface area contributed by atoms with E-state index in [9.17, 15) is 24.0 Å². The second-order valence-electron chi connectivity index (χ2n) is 9.68. The lowest BCUT2D eigenvalue weighted by Gasteiger charge is -2.29. The van der Waals surface area contributed by atoms with Crippen molar-refractivity contribution in [3.8, 4) is 28.7 Å². The molecule has 0 aliphatic carbocycles. The second-order valence-corrected chi connectivity index (χ2v) is 9.68. The van der Waals surface area contributed by atoms with E-state index in [1.54, 1.807) is 36.4 Å². The molecule has 234 valence electrons. The Bertz CT molecular complexity index is 1410. The number of hydrogen-bond acceptors (Lipinski definition) is 10. The number of hydrogen-bond donors (Lipinski definition) is 6. The predicted octanol–water partition coefficient (Wildman–Crippen LogP) is -1.93. The summed E-state index contributed by atoms with van der Waals surface area (Å²) in [5, 5.41) is 18.8. The fraction of sp³-hybridized carbons (Fsp3) is 0.379. The first-order chi connectivity index (χ1) is 21.2. The molecule has 2 aromatic carbocycles. The van der Waals surface area contributed by atoms with E-state index in [1.807, 2.05) is 6.07 Å². The Hall–Kier alpha value is -5.20. The third-order valence-corrected chi connectivity index (χ3v) is 6.63. The van der Waals surface area contributed by atoms with Crippen LogP contribution in [0.1, 0.15) is 17.2 Å². The van der Waals surface area contributed by atoms with Crippen molar-refractivity contribution in [3.05, 3.63) is 47.5 Å². The molecule has 1 heterocycles. The smallest absolute Gasteiger partial charge is 0.247 e. The van der Waals surface area contributed by atoms with Crippen LogP contribution in [0.5, 0.6) is 11.5 Å². The maximum absolute atomic E-state index is 13.6. The lowest BCUT2D eigenvalue weighted by Crippen LogP contribution is -2.51. The second kappa shape index (κ2) is 16.4. The molecule has 5 amide bonds. The first kappa shape index (κ1) is 33.3. The molecule has 0 spiro atoms. The van der Waals surface area contributed by atoms with E-state index in [-0.39, 0.29) is 45.8 Å². The van der Waals surface area contributed by atoms with Crippen LogP contribution in [0.25, 0.3) is 11.1 Å². The van der Waals surface area contributed by atoms with Gasteiger partial charge in [-0.25, -0.2) is 0 Å². The monoisotopic (exact) mass is 608 g/mol. The van der Waals surface area contributed by atoms with Crippen LogP contribution < -0.4 is 42.2 Å². The molecule has 3 rings (SSSR count). The van der Waals surface area contributed by atoms with Gasteiger partial charge < -0.3 is 47.1 Å². The summed E-state index contributed by atoms with van der Waals surface area (Å²) in [5.74, 6) is -1.69. The summed E-state index contributed by atoms with van der Waals surface area (Å²) >= 11 is 0. The molecule has 2 unspecified atom stereocenters. The Labute approximate surface area is 254 Å². The highest BCUT2D eigenvalue weighted by atomic mass is 16.5. The van der Waals surface area contributed by atoms with Crippen LogP contribution in [-0.2, 0) is 30.4 Å². The lowest BCUT2D eigenvalue weighted by molar-refractivity contribution is -0.139. The van der Waals surface area contributed by atoms with Crippen molar-refractivity contribution in [2.24, 2.45) is 11.5 Å². The van der Waals surface area contributed by atoms with E-state index in [4.69, 9.17) is 26.2 Å². The Balaban J connectivity index is 2.25. The third kappa shape index (κ3) is 8.66. The number of carbonyl (C=O) groups excluding carboxylic acids is 5. The fourth-order valence-electron chi connectivity index (χ4n) is 4.59. The molecular formula is C29H36N8O7. The van der Waals surface area contributed by atoms with Gasteiger partial charge in [-0.05, 0) is 35.4 Å². The lowest BCUT2D eigenvalue weighted by atomic mass is 9.93. The largest absolute Gasteiger partial charge is 0.492 e. The minimum absolute atomic E-state index is 0.0450. The number of nitriles is 1. The van der Waals surface area contributed by atoms with Crippen molar-refractivity contribution >= 4 is 30.0 Å². The summed E-state index contributed by atoms with van der Waals surface area (Å²) in [5.41, 5.74) is 13.4. The first-order valence-electron chi connectivity index (χ1n) is 13.8. The fourth-order valence-corrected chi connectivity index (χ4v) is 4.59. The van der Waals surface area contributed by atoms with E-state index in [1.165, 1.54) is 7.05 Å². The zero-order valence-electron chi connectivity index (χ0n) is 24.3. The molecular weight excluding hydrogens is 572 g/mol. The number of nitrogens with two attached hydrogens (primary N) is 2. The minimum atomic E-state index is -1.24. The quantitative estimate of drug-likeness (QED) is 0.115. The highest BCUT2D eigenvalue weighted by Crippen LogP contribution is 2.40. The molecule has 15 heteroatoms. The Morgan fingerprint density at radius 1 is 1.09 bits per heavy atom. The zero-order chi connectivity index (χ0) is 32.1. The normalized spacial score (nSPS) is 16.2. The first-order valence-corrected chi connectivity index (χ1v) is 13.8. The van der Waals surface area contributed by atoms with Crippen molar-refractivity contribution in [2.75, 3.05) is 53.0 Å². The number of benzene rings is 2. The molecule has 0 saturated heterocycles. The summed E-state index contributed by atoms with van der Waals surface area (Å²) in [4.78, 5) is 64.3. The highest BCUT2D eigenvalue weighted by molar-refractivity contribution is 5.94. The van der Waals surface area contributed by atoms with Gasteiger partial charge in [0.05, 0.1) is 19.2 Å². The third-order valence-electron chi connectivity index (χ3n) is 6.63. The Morgan fingerprint density at radius 3 is 2.39 bits per heavy atom. The number of amides is 5. The summed E-state index contributed by atoms with van der Waals surface area (Å²) in [6, 6.07) is 9.62. The van der Waals surface area contributed by atoms with Gasteiger partial charge >= 0.3 is 0 Å². The average Bonchev–Trinajstić information content (AvgIpc) is 3.02. The molecule has 44 heavy (non-hydrogen) atoms. The predicted molar refractivity (Wildman–Crippen MR) is 158 cm³/mol. The highest BCUT2D eigenvalue weighted by Gasteiger charge is 2.31. The summed E-state index contributed by atoms with van der Waals surface area (Å²) < 4.78 is 11.9. The van der Waals surface area contributed by atoms with Crippen LogP contribution in [0.15, 0.2) is 36.4 Å². The van der Waals surface area contributed by atoms with Gasteiger partial charge in [0, 0.05) is 37.7 Å². The van der Waals surface area contributed by atoms with Gasteiger partial charge in [0.2, 0.25) is 30.0 Å². The number of fused-ring (bicyclic) bond motifs is 5. The average molecular weight is 609 g/mol. The van der Waals surface area contributed by atoms with Crippen LogP contribution in [0.4, 0.5) is 0 Å². The molecule has 0 aromatic heterocycles. The minimum Gasteiger partial charge on any atom is -0.492 e. The Morgan fingerprint density at radius 2 is 1.75 bits per heavy atom. The molecule has 8 N–H and O–H groups in total. The molecule has 1 aliphatic rings. The summed E-state index contributed by atoms with van der Waals surface area (Å²) in [6.45, 7) is -0.322. The number of nitrogens with zero attached hydrogens (tertiary/aromatic N) is 2. The van der Waals surface area contributed by atoms with Gasteiger partial charge in [-0.2, -0.15) is 5.26 Å². The van der Waals surface area contributed by atoms with Gasteiger partial charge in [0.25, 0.3) is 0 Å². The zero-order valence-corrected chi connectivity index (χ0v) is 24.3. The number of likely N-dealkylation sites (N-methyl/N-ethyl adjacent to an activating group) is 1. The van der Waals surface area contributed by atoms with Crippen LogP contribution in [-0.4, -0.2) is 94.0 Å². The van der Waals surface area contributed by atoms with Gasteiger partial charge in [-0.3, -0.25) is 24.0 Å². The summed E-state index contributed by atoms with van der Waals surface area (Å²) in [6.07, 6.45) is 0.410. The van der Waals surface area contributed by atoms with E-state index >= 15 is 0 Å². The van der Waals surface area contributed by atoms with Gasteiger partial charge in [-0.1, -0.05) is 12.1 Å². The van der Waals surface area contributed by atoms with Gasteiger partial charge in [-0.15, -0.1) is 0 Å². The summed E-state index contributed by atoms with van der Waals surface area (Å²) in [7, 11) is 1.40. The van der Waals surface area contributed by atoms with E-state index in [0.29, 0.717) is 40.2 Å². The van der Waals surface area contributed by atoms with E-state index < -0.39 is 42.3 Å². The number of rotatable bonds is 12. The van der Waals surface area contributed by atoms with Crippen LogP contribution in [0.2, 0.25) is 0 Å². The van der Waals surface area contributed by atoms with Crippen molar-refractivity contribution in [1.82, 2.24) is 26.2 Å². The standard InChI is InChI=1S/C29H36N8O7/c1-37(26(40)16-33-17-38)27-19-3-5-24(44-11-8-32)21(14-19)20-12-18(2-4-23(20)43-10-7-31)13-22(28(41)34-9-6-30)36-25(39)15-35-29(27)42/h2-5,12,14,17,22,27H,7-11,13,15-16,31-32H2,1H3,(H,33,38)(H,34,41)(H,35,42)(H,36,39). The SMILES string of the molecule is CN(C(=O)CNC=O)C1C(=O)NCC(=O)NC(C(=O)NCC#N)Cc2ccc(OCCN)c(c2)-c2cc1ccc2OCCN. The number of ether oxygens (including phenoxy) is 2. The molecule has 2 aromatic rings.